The van der Waals surface area contributed by atoms with Crippen LogP contribution in [0.5, 0.6) is 0 Å². The molecule has 2 heterocycles. The highest BCUT2D eigenvalue weighted by Gasteiger charge is 2.18. The molecule has 2 aromatic carbocycles. The van der Waals surface area contributed by atoms with Gasteiger partial charge in [-0.2, -0.15) is 0 Å². The van der Waals surface area contributed by atoms with E-state index in [-0.39, 0.29) is 12.6 Å². The van der Waals surface area contributed by atoms with E-state index >= 15 is 0 Å². The van der Waals surface area contributed by atoms with Crippen LogP contribution < -0.4 is 5.32 Å². The molecule has 0 atom stereocenters. The van der Waals surface area contributed by atoms with Crippen LogP contribution in [0.1, 0.15) is 28.8 Å². The maximum absolute atomic E-state index is 12.2. The van der Waals surface area contributed by atoms with Crippen molar-refractivity contribution >= 4 is 23.0 Å². The minimum absolute atomic E-state index is 0.236. The Labute approximate surface area is 204 Å². The summed E-state index contributed by atoms with van der Waals surface area (Å²) in [5, 5.41) is 4.00. The second-order valence-corrected chi connectivity index (χ2v) is 8.33. The highest BCUT2D eigenvalue weighted by molar-refractivity contribution is 5.89. The molecule has 8 nitrogen and oxygen atoms in total. The number of nitrogens with zero attached hydrogens (tertiary/aromatic N) is 3. The number of aryl methyl sites for hydroxylation is 1. The number of rotatable bonds is 10. The van der Waals surface area contributed by atoms with Gasteiger partial charge in [-0.25, -0.2) is 9.78 Å². The first-order valence-corrected chi connectivity index (χ1v) is 11.6. The molecule has 0 saturated heterocycles. The Morgan fingerprint density at radius 1 is 1.09 bits per heavy atom. The SMILES string of the molecule is COC(=O)CCn1c(C)c(Cn2ccnc2)c2c(CCNC(=O)OCc3ccccc3)cccc21. The van der Waals surface area contributed by atoms with Gasteiger partial charge >= 0.3 is 12.1 Å². The zero-order valence-electron chi connectivity index (χ0n) is 20.1. The van der Waals surface area contributed by atoms with Crippen molar-refractivity contribution in [2.45, 2.75) is 39.5 Å². The summed E-state index contributed by atoms with van der Waals surface area (Å²) in [6.45, 7) is 3.96. The topological polar surface area (TPSA) is 87.4 Å². The predicted molar refractivity (Wildman–Crippen MR) is 133 cm³/mol. The van der Waals surface area contributed by atoms with Crippen LogP contribution in [0.15, 0.2) is 67.3 Å². The van der Waals surface area contributed by atoms with Crippen molar-refractivity contribution in [3.05, 3.63) is 89.6 Å². The van der Waals surface area contributed by atoms with Gasteiger partial charge in [0, 0.05) is 47.6 Å². The molecule has 0 spiro atoms. The zero-order chi connectivity index (χ0) is 24.6. The lowest BCUT2D eigenvalue weighted by Crippen LogP contribution is -2.26. The van der Waals surface area contributed by atoms with E-state index < -0.39 is 6.09 Å². The van der Waals surface area contributed by atoms with E-state index in [1.165, 1.54) is 12.7 Å². The van der Waals surface area contributed by atoms with Crippen molar-refractivity contribution in [1.29, 1.82) is 0 Å². The van der Waals surface area contributed by atoms with Crippen LogP contribution >= 0.6 is 0 Å². The fraction of sp³-hybridized carbons (Fsp3) is 0.296. The molecule has 0 saturated carbocycles. The number of esters is 1. The van der Waals surface area contributed by atoms with Crippen LogP contribution in [-0.4, -0.2) is 39.8 Å². The number of carbonyl (C=O) groups is 2. The van der Waals surface area contributed by atoms with Crippen LogP contribution in [0.2, 0.25) is 0 Å². The summed E-state index contributed by atoms with van der Waals surface area (Å²) in [4.78, 5) is 28.2. The van der Waals surface area contributed by atoms with Gasteiger partial charge in [-0.3, -0.25) is 4.79 Å². The molecule has 0 aliphatic carbocycles. The number of carbonyl (C=O) groups excluding carboxylic acids is 2. The van der Waals surface area contributed by atoms with Crippen LogP contribution in [0.25, 0.3) is 10.9 Å². The molecule has 1 amide bonds. The third-order valence-electron chi connectivity index (χ3n) is 6.11. The van der Waals surface area contributed by atoms with Gasteiger partial charge in [-0.15, -0.1) is 0 Å². The van der Waals surface area contributed by atoms with E-state index in [1.807, 2.05) is 47.2 Å². The van der Waals surface area contributed by atoms with Gasteiger partial charge in [0.25, 0.3) is 0 Å². The number of methoxy groups -OCH3 is 1. The molecule has 0 radical (unpaired) electrons. The van der Waals surface area contributed by atoms with Crippen molar-refractivity contribution in [3.63, 3.8) is 0 Å². The largest absolute Gasteiger partial charge is 0.469 e. The zero-order valence-corrected chi connectivity index (χ0v) is 20.1. The average Bonchev–Trinajstić information content (AvgIpc) is 3.49. The van der Waals surface area contributed by atoms with E-state index in [9.17, 15) is 9.59 Å². The normalized spacial score (nSPS) is 10.9. The van der Waals surface area contributed by atoms with Crippen molar-refractivity contribution in [1.82, 2.24) is 19.4 Å². The quantitative estimate of drug-likeness (QED) is 0.348. The Bertz CT molecular complexity index is 1280. The lowest BCUT2D eigenvalue weighted by molar-refractivity contribution is -0.140. The molecule has 0 unspecified atom stereocenters. The highest BCUT2D eigenvalue weighted by Crippen LogP contribution is 2.30. The van der Waals surface area contributed by atoms with Gasteiger partial charge in [0.2, 0.25) is 0 Å². The Morgan fingerprint density at radius 2 is 1.91 bits per heavy atom. The van der Waals surface area contributed by atoms with E-state index in [0.717, 1.165) is 27.7 Å². The van der Waals surface area contributed by atoms with Gasteiger partial charge in [-0.1, -0.05) is 42.5 Å². The number of hydrogen-bond acceptors (Lipinski definition) is 5. The summed E-state index contributed by atoms with van der Waals surface area (Å²) in [7, 11) is 1.41. The molecule has 1 N–H and O–H groups in total. The summed E-state index contributed by atoms with van der Waals surface area (Å²) < 4.78 is 14.4. The maximum atomic E-state index is 12.2. The van der Waals surface area contributed by atoms with Crippen LogP contribution in [-0.2, 0) is 40.4 Å². The van der Waals surface area contributed by atoms with E-state index in [1.54, 1.807) is 12.5 Å². The van der Waals surface area contributed by atoms with Gasteiger partial charge in [-0.05, 0) is 30.5 Å². The fourth-order valence-corrected chi connectivity index (χ4v) is 4.32. The summed E-state index contributed by atoms with van der Waals surface area (Å²) in [5.74, 6) is -0.239. The third-order valence-corrected chi connectivity index (χ3v) is 6.11. The number of nitrogens with one attached hydrogen (secondary N) is 1. The van der Waals surface area contributed by atoms with Crippen molar-refractivity contribution in [2.75, 3.05) is 13.7 Å². The summed E-state index contributed by atoms with van der Waals surface area (Å²) in [6, 6.07) is 15.8. The van der Waals surface area contributed by atoms with Crippen LogP contribution in [0, 0.1) is 6.92 Å². The van der Waals surface area contributed by atoms with E-state index in [0.29, 0.717) is 32.5 Å². The summed E-state index contributed by atoms with van der Waals surface area (Å²) >= 11 is 0. The molecule has 0 aliphatic rings. The van der Waals surface area contributed by atoms with E-state index in [2.05, 4.69) is 33.9 Å². The minimum atomic E-state index is -0.438. The Morgan fingerprint density at radius 3 is 2.66 bits per heavy atom. The molecule has 0 bridgehead atoms. The lowest BCUT2D eigenvalue weighted by Gasteiger charge is -2.10. The molecular weight excluding hydrogens is 444 g/mol. The summed E-state index contributed by atoms with van der Waals surface area (Å²) in [6.07, 6.45) is 6.00. The molecule has 4 rings (SSSR count). The smallest absolute Gasteiger partial charge is 0.407 e. The van der Waals surface area contributed by atoms with Gasteiger partial charge in [0.05, 0.1) is 26.4 Å². The molecule has 0 fully saturated rings. The number of alkyl carbamates (subject to hydrolysis) is 1. The standard InChI is InChI=1S/C27H30N4O4/c1-20-23(17-30-16-14-28-19-30)26-22(9-6-10-24(26)31(20)15-12-25(32)34-2)11-13-29-27(33)35-18-21-7-4-3-5-8-21/h3-10,14,16,19H,11-13,15,17-18H2,1-2H3,(H,29,33). The minimum Gasteiger partial charge on any atom is -0.469 e. The molecule has 4 aromatic rings. The Hall–Kier alpha value is -4.07. The lowest BCUT2D eigenvalue weighted by atomic mass is 10.0. The number of benzene rings is 2. The first-order valence-electron chi connectivity index (χ1n) is 11.6. The molecule has 2 aromatic heterocycles. The Balaban J connectivity index is 1.52. The van der Waals surface area contributed by atoms with Gasteiger partial charge in [0.1, 0.15) is 6.61 Å². The first-order chi connectivity index (χ1) is 17.1. The van der Waals surface area contributed by atoms with Crippen LogP contribution in [0.3, 0.4) is 0 Å². The number of hydrogen-bond donors (Lipinski definition) is 1. The number of ether oxygens (including phenoxy) is 2. The molecule has 0 aliphatic heterocycles. The van der Waals surface area contributed by atoms with Crippen molar-refractivity contribution in [2.24, 2.45) is 0 Å². The molecule has 35 heavy (non-hydrogen) atoms. The van der Waals surface area contributed by atoms with Crippen LogP contribution in [0.4, 0.5) is 4.79 Å². The number of imidazole rings is 1. The monoisotopic (exact) mass is 474 g/mol. The van der Waals surface area contributed by atoms with E-state index in [4.69, 9.17) is 9.47 Å². The number of aromatic nitrogens is 3. The first kappa shape index (κ1) is 24.1. The second-order valence-electron chi connectivity index (χ2n) is 8.33. The van der Waals surface area contributed by atoms with Gasteiger partial charge < -0.3 is 23.9 Å². The molecule has 182 valence electrons. The molecule has 8 heteroatoms. The van der Waals surface area contributed by atoms with Crippen molar-refractivity contribution in [3.8, 4) is 0 Å². The van der Waals surface area contributed by atoms with Gasteiger partial charge in [0.15, 0.2) is 0 Å². The fourth-order valence-electron chi connectivity index (χ4n) is 4.32. The highest BCUT2D eigenvalue weighted by atomic mass is 16.5. The predicted octanol–water partition coefficient (Wildman–Crippen LogP) is 4.23. The number of amides is 1. The second kappa shape index (κ2) is 11.4. The number of fused-ring (bicyclic) bond motifs is 1. The Kier molecular flexibility index (Phi) is 7.82. The van der Waals surface area contributed by atoms with Crippen molar-refractivity contribution < 1.29 is 19.1 Å². The maximum Gasteiger partial charge on any atom is 0.407 e. The third kappa shape index (κ3) is 5.90. The average molecular weight is 475 g/mol. The summed E-state index contributed by atoms with van der Waals surface area (Å²) in [5.41, 5.74) is 5.40. The molecular formula is C27H30N4O4.